The maximum absolute atomic E-state index is 12.1. The molecule has 8 nitrogen and oxygen atoms in total. The predicted octanol–water partition coefficient (Wildman–Crippen LogP) is 3.69. The van der Waals surface area contributed by atoms with Crippen LogP contribution in [0, 0.1) is 0 Å². The van der Waals surface area contributed by atoms with Gasteiger partial charge in [0, 0.05) is 24.9 Å². The molecule has 34 heavy (non-hydrogen) atoms. The van der Waals surface area contributed by atoms with Crippen molar-refractivity contribution in [3.63, 3.8) is 0 Å². The Bertz CT molecular complexity index is 947. The summed E-state index contributed by atoms with van der Waals surface area (Å²) in [7, 11) is 0. The second-order valence-electron chi connectivity index (χ2n) is 8.27. The van der Waals surface area contributed by atoms with E-state index in [1.807, 2.05) is 31.2 Å². The molecule has 2 amide bonds. The molecular formula is C26H32N2O6. The van der Waals surface area contributed by atoms with E-state index in [1.165, 1.54) is 11.1 Å². The van der Waals surface area contributed by atoms with E-state index in [2.05, 4.69) is 34.9 Å². The van der Waals surface area contributed by atoms with Crippen molar-refractivity contribution in [3.05, 3.63) is 59.7 Å². The van der Waals surface area contributed by atoms with Crippen LogP contribution < -0.4 is 10.6 Å². The molecule has 0 radical (unpaired) electrons. The van der Waals surface area contributed by atoms with E-state index in [-0.39, 0.29) is 57.1 Å². The summed E-state index contributed by atoms with van der Waals surface area (Å²) in [6.07, 6.45) is 0.924. The average molecular weight is 469 g/mol. The van der Waals surface area contributed by atoms with Gasteiger partial charge in [0.25, 0.3) is 0 Å². The van der Waals surface area contributed by atoms with E-state index in [0.29, 0.717) is 6.42 Å². The molecule has 1 aliphatic rings. The Kier molecular flexibility index (Phi) is 9.46. The van der Waals surface area contributed by atoms with Gasteiger partial charge in [0.15, 0.2) is 0 Å². The zero-order chi connectivity index (χ0) is 24.3. The van der Waals surface area contributed by atoms with E-state index < -0.39 is 12.1 Å². The molecule has 3 N–H and O–H groups in total. The van der Waals surface area contributed by atoms with E-state index in [4.69, 9.17) is 14.6 Å². The molecule has 0 bridgehead atoms. The van der Waals surface area contributed by atoms with Gasteiger partial charge in [0.1, 0.15) is 6.61 Å². The Labute approximate surface area is 199 Å². The summed E-state index contributed by atoms with van der Waals surface area (Å²) in [5, 5.41) is 14.3. The smallest absolute Gasteiger partial charge is 0.407 e. The van der Waals surface area contributed by atoms with Gasteiger partial charge in [-0.1, -0.05) is 61.9 Å². The van der Waals surface area contributed by atoms with Gasteiger partial charge in [0.2, 0.25) is 5.91 Å². The van der Waals surface area contributed by atoms with Crippen molar-refractivity contribution in [2.24, 2.45) is 0 Å². The van der Waals surface area contributed by atoms with Gasteiger partial charge < -0.3 is 25.2 Å². The molecule has 0 saturated carbocycles. The first-order chi connectivity index (χ1) is 16.5. The minimum Gasteiger partial charge on any atom is -0.481 e. The summed E-state index contributed by atoms with van der Waals surface area (Å²) in [6.45, 7) is 2.87. The number of hydrogen-bond acceptors (Lipinski definition) is 5. The SMILES string of the molecule is CCC[C@@H](CC(=O)O)NC(=O)CCOCCNC(=O)OCC1c2ccccc2-c2ccccc21. The molecule has 0 spiro atoms. The van der Waals surface area contributed by atoms with Crippen molar-refractivity contribution in [2.75, 3.05) is 26.4 Å². The number of ether oxygens (including phenoxy) is 2. The van der Waals surface area contributed by atoms with Crippen LogP contribution in [0.3, 0.4) is 0 Å². The minimum atomic E-state index is -0.936. The molecule has 3 rings (SSSR count). The first kappa shape index (κ1) is 25.2. The number of alkyl carbamates (subject to hydrolysis) is 1. The highest BCUT2D eigenvalue weighted by molar-refractivity contribution is 5.79. The van der Waals surface area contributed by atoms with Gasteiger partial charge in [-0.15, -0.1) is 0 Å². The van der Waals surface area contributed by atoms with Crippen molar-refractivity contribution < 1.29 is 29.0 Å². The highest BCUT2D eigenvalue weighted by Crippen LogP contribution is 2.44. The molecule has 8 heteroatoms. The Balaban J connectivity index is 1.32. The lowest BCUT2D eigenvalue weighted by molar-refractivity contribution is -0.137. The highest BCUT2D eigenvalue weighted by Gasteiger charge is 2.28. The van der Waals surface area contributed by atoms with Gasteiger partial charge in [-0.25, -0.2) is 4.79 Å². The van der Waals surface area contributed by atoms with Gasteiger partial charge >= 0.3 is 12.1 Å². The molecule has 0 heterocycles. The summed E-state index contributed by atoms with van der Waals surface area (Å²) in [4.78, 5) is 35.0. The summed E-state index contributed by atoms with van der Waals surface area (Å²) in [5.41, 5.74) is 4.66. The van der Waals surface area contributed by atoms with Gasteiger partial charge in [-0.3, -0.25) is 9.59 Å². The number of carbonyl (C=O) groups excluding carboxylic acids is 2. The van der Waals surface area contributed by atoms with Gasteiger partial charge in [-0.05, 0) is 28.7 Å². The fraction of sp³-hybridized carbons (Fsp3) is 0.423. The fourth-order valence-electron chi connectivity index (χ4n) is 4.23. The first-order valence-corrected chi connectivity index (χ1v) is 11.7. The van der Waals surface area contributed by atoms with Crippen molar-refractivity contribution in [1.29, 1.82) is 0 Å². The van der Waals surface area contributed by atoms with Crippen molar-refractivity contribution >= 4 is 18.0 Å². The third-order valence-electron chi connectivity index (χ3n) is 5.76. The number of nitrogens with one attached hydrogen (secondary N) is 2. The highest BCUT2D eigenvalue weighted by atomic mass is 16.5. The Morgan fingerprint density at radius 2 is 1.65 bits per heavy atom. The van der Waals surface area contributed by atoms with Crippen LogP contribution >= 0.6 is 0 Å². The van der Waals surface area contributed by atoms with Crippen LogP contribution in [-0.2, 0) is 19.1 Å². The normalized spacial score (nSPS) is 13.0. The first-order valence-electron chi connectivity index (χ1n) is 11.7. The van der Waals surface area contributed by atoms with Crippen molar-refractivity contribution in [2.45, 2.75) is 44.6 Å². The van der Waals surface area contributed by atoms with E-state index in [1.54, 1.807) is 0 Å². The Morgan fingerprint density at radius 1 is 1.00 bits per heavy atom. The third-order valence-corrected chi connectivity index (χ3v) is 5.76. The number of carbonyl (C=O) groups is 3. The van der Waals surface area contributed by atoms with E-state index >= 15 is 0 Å². The Morgan fingerprint density at radius 3 is 2.26 bits per heavy atom. The minimum absolute atomic E-state index is 0.00516. The second kappa shape index (κ2) is 12.7. The number of benzene rings is 2. The number of carboxylic acids is 1. The molecule has 1 atom stereocenters. The molecule has 0 aliphatic heterocycles. The maximum atomic E-state index is 12.1. The summed E-state index contributed by atoms with van der Waals surface area (Å²) in [5.74, 6) is -1.18. The standard InChI is InChI=1S/C26H32N2O6/c1-2-7-18(16-25(30)31)28-24(29)12-14-33-15-13-27-26(32)34-17-23-21-10-5-3-8-19(21)20-9-4-6-11-22(20)23/h3-6,8-11,18,23H,2,7,12-17H2,1H3,(H,27,32)(H,28,29)(H,30,31)/t18-/m0/s1. The van der Waals surface area contributed by atoms with Crippen LogP contribution in [0.4, 0.5) is 4.79 Å². The number of hydrogen-bond donors (Lipinski definition) is 3. The predicted molar refractivity (Wildman–Crippen MR) is 128 cm³/mol. The average Bonchev–Trinajstić information content (AvgIpc) is 3.13. The fourth-order valence-corrected chi connectivity index (χ4v) is 4.23. The van der Waals surface area contributed by atoms with Crippen LogP contribution in [0.5, 0.6) is 0 Å². The largest absolute Gasteiger partial charge is 0.481 e. The molecular weight excluding hydrogens is 436 g/mol. The second-order valence-corrected chi connectivity index (χ2v) is 8.27. The van der Waals surface area contributed by atoms with Gasteiger partial charge in [-0.2, -0.15) is 0 Å². The monoisotopic (exact) mass is 468 g/mol. The molecule has 0 aromatic heterocycles. The third kappa shape index (κ3) is 7.05. The topological polar surface area (TPSA) is 114 Å². The van der Waals surface area contributed by atoms with Crippen LogP contribution in [0.25, 0.3) is 11.1 Å². The van der Waals surface area contributed by atoms with Gasteiger partial charge in [0.05, 0.1) is 19.6 Å². The lowest BCUT2D eigenvalue weighted by Crippen LogP contribution is -2.37. The lowest BCUT2D eigenvalue weighted by atomic mass is 9.98. The van der Waals surface area contributed by atoms with Crippen LogP contribution in [-0.4, -0.2) is 55.5 Å². The molecule has 0 unspecified atom stereocenters. The van der Waals surface area contributed by atoms with E-state index in [0.717, 1.165) is 17.5 Å². The van der Waals surface area contributed by atoms with Crippen LogP contribution in [0.2, 0.25) is 0 Å². The van der Waals surface area contributed by atoms with Crippen LogP contribution in [0.1, 0.15) is 49.7 Å². The Hall–Kier alpha value is -3.39. The van der Waals surface area contributed by atoms with E-state index in [9.17, 15) is 14.4 Å². The summed E-state index contributed by atoms with van der Waals surface area (Å²) in [6, 6.07) is 15.9. The number of carboxylic acid groups (broad SMARTS) is 1. The zero-order valence-corrected chi connectivity index (χ0v) is 19.4. The lowest BCUT2D eigenvalue weighted by Gasteiger charge is -2.16. The number of rotatable bonds is 13. The van der Waals surface area contributed by atoms with Crippen LogP contribution in [0.15, 0.2) is 48.5 Å². The molecule has 2 aromatic rings. The number of amides is 2. The number of aliphatic carboxylic acids is 1. The molecule has 2 aromatic carbocycles. The molecule has 182 valence electrons. The van der Waals surface area contributed by atoms with Crippen molar-refractivity contribution in [1.82, 2.24) is 10.6 Å². The summed E-state index contributed by atoms with van der Waals surface area (Å²) < 4.78 is 10.9. The number of fused-ring (bicyclic) bond motifs is 3. The molecule has 1 aliphatic carbocycles. The maximum Gasteiger partial charge on any atom is 0.407 e. The zero-order valence-electron chi connectivity index (χ0n) is 19.4. The quantitative estimate of drug-likeness (QED) is 0.386. The summed E-state index contributed by atoms with van der Waals surface area (Å²) >= 11 is 0. The molecule has 0 saturated heterocycles. The molecule has 0 fully saturated rings. The van der Waals surface area contributed by atoms with Crippen molar-refractivity contribution in [3.8, 4) is 11.1 Å².